The lowest BCUT2D eigenvalue weighted by Crippen LogP contribution is -2.26. The third-order valence-corrected chi connectivity index (χ3v) is 3.77. The number of aliphatic hydroxyl groups is 1. The number of fused-ring (bicyclic) bond motifs is 1. The third kappa shape index (κ3) is 3.91. The molecule has 0 spiro atoms. The van der Waals surface area contributed by atoms with Gasteiger partial charge in [0.05, 0.1) is 22.5 Å². The largest absolute Gasteiger partial charge is 0.396 e. The second kappa shape index (κ2) is 7.21. The van der Waals surface area contributed by atoms with E-state index in [1.807, 2.05) is 31.2 Å². The van der Waals surface area contributed by atoms with Gasteiger partial charge in [-0.15, -0.1) is 0 Å². The van der Waals surface area contributed by atoms with E-state index in [2.05, 4.69) is 15.3 Å². The van der Waals surface area contributed by atoms with Gasteiger partial charge in [-0.1, -0.05) is 23.9 Å². The number of para-hydroxylation sites is 2. The van der Waals surface area contributed by atoms with E-state index in [4.69, 9.17) is 5.11 Å². The molecule has 0 aliphatic carbocycles. The van der Waals surface area contributed by atoms with Crippen molar-refractivity contribution in [1.82, 2.24) is 15.3 Å². The quantitative estimate of drug-likeness (QED) is 0.623. The molecule has 2 aromatic rings. The summed E-state index contributed by atoms with van der Waals surface area (Å²) in [7, 11) is 0. The summed E-state index contributed by atoms with van der Waals surface area (Å²) in [5.74, 6) is 0.247. The van der Waals surface area contributed by atoms with Crippen molar-refractivity contribution in [1.29, 1.82) is 0 Å². The molecule has 0 fully saturated rings. The average molecular weight is 291 g/mol. The van der Waals surface area contributed by atoms with Crippen molar-refractivity contribution in [2.24, 2.45) is 0 Å². The van der Waals surface area contributed by atoms with Crippen molar-refractivity contribution in [3.05, 3.63) is 30.0 Å². The number of carbonyl (C=O) groups is 1. The Morgan fingerprint density at radius 2 is 2.00 bits per heavy atom. The SMILES string of the molecule is Cc1nc2ccccc2nc1SCC(=O)NCCCO. The van der Waals surface area contributed by atoms with E-state index < -0.39 is 0 Å². The molecule has 0 atom stereocenters. The van der Waals surface area contributed by atoms with Crippen molar-refractivity contribution in [3.8, 4) is 0 Å². The molecular weight excluding hydrogens is 274 g/mol. The monoisotopic (exact) mass is 291 g/mol. The van der Waals surface area contributed by atoms with Crippen LogP contribution in [-0.4, -0.2) is 39.9 Å². The normalized spacial score (nSPS) is 10.7. The summed E-state index contributed by atoms with van der Waals surface area (Å²) in [4.78, 5) is 20.6. The van der Waals surface area contributed by atoms with Gasteiger partial charge in [0.15, 0.2) is 0 Å². The van der Waals surface area contributed by atoms with Gasteiger partial charge in [0, 0.05) is 13.2 Å². The van der Waals surface area contributed by atoms with Crippen LogP contribution in [0.5, 0.6) is 0 Å². The van der Waals surface area contributed by atoms with Gasteiger partial charge in [0.1, 0.15) is 5.03 Å². The van der Waals surface area contributed by atoms with Gasteiger partial charge in [-0.3, -0.25) is 4.79 Å². The smallest absolute Gasteiger partial charge is 0.230 e. The highest BCUT2D eigenvalue weighted by atomic mass is 32.2. The molecule has 5 nitrogen and oxygen atoms in total. The van der Waals surface area contributed by atoms with Crippen molar-refractivity contribution < 1.29 is 9.90 Å². The first-order valence-electron chi connectivity index (χ1n) is 6.44. The molecule has 0 aliphatic heterocycles. The van der Waals surface area contributed by atoms with Crippen molar-refractivity contribution >= 4 is 28.7 Å². The standard InChI is InChI=1S/C14H17N3O2S/c1-10-14(20-9-13(19)15-7-4-8-18)17-12-6-3-2-5-11(12)16-10/h2-3,5-6,18H,4,7-9H2,1H3,(H,15,19). The van der Waals surface area contributed by atoms with E-state index >= 15 is 0 Å². The predicted molar refractivity (Wildman–Crippen MR) is 79.7 cm³/mol. The number of rotatable bonds is 6. The maximum absolute atomic E-state index is 11.6. The lowest BCUT2D eigenvalue weighted by Gasteiger charge is -2.06. The molecule has 0 saturated carbocycles. The highest BCUT2D eigenvalue weighted by Crippen LogP contribution is 2.21. The number of nitrogens with zero attached hydrogens (tertiary/aromatic N) is 2. The predicted octanol–water partition coefficient (Wildman–Crippen LogP) is 1.53. The number of aryl methyl sites for hydroxylation is 1. The minimum Gasteiger partial charge on any atom is -0.396 e. The maximum atomic E-state index is 11.6. The summed E-state index contributed by atoms with van der Waals surface area (Å²) in [6.45, 7) is 2.48. The van der Waals surface area contributed by atoms with Crippen LogP contribution in [0.25, 0.3) is 11.0 Å². The highest BCUT2D eigenvalue weighted by Gasteiger charge is 2.08. The van der Waals surface area contributed by atoms with E-state index in [0.29, 0.717) is 18.7 Å². The van der Waals surface area contributed by atoms with Gasteiger partial charge in [-0.05, 0) is 25.5 Å². The Morgan fingerprint density at radius 1 is 1.30 bits per heavy atom. The van der Waals surface area contributed by atoms with Gasteiger partial charge in [0.25, 0.3) is 0 Å². The molecular formula is C14H17N3O2S. The molecule has 0 radical (unpaired) electrons. The third-order valence-electron chi connectivity index (χ3n) is 2.70. The Balaban J connectivity index is 1.99. The topological polar surface area (TPSA) is 75.1 Å². The molecule has 6 heteroatoms. The Labute approximate surface area is 121 Å². The maximum Gasteiger partial charge on any atom is 0.230 e. The minimum atomic E-state index is -0.0576. The Kier molecular flexibility index (Phi) is 5.31. The van der Waals surface area contributed by atoms with E-state index in [-0.39, 0.29) is 12.5 Å². The zero-order valence-electron chi connectivity index (χ0n) is 11.3. The van der Waals surface area contributed by atoms with Crippen molar-refractivity contribution in [2.45, 2.75) is 18.4 Å². The zero-order chi connectivity index (χ0) is 14.4. The zero-order valence-corrected chi connectivity index (χ0v) is 12.1. The number of thioether (sulfide) groups is 1. The van der Waals surface area contributed by atoms with Crippen LogP contribution in [0.3, 0.4) is 0 Å². The first-order chi connectivity index (χ1) is 9.70. The molecule has 0 aliphatic rings. The summed E-state index contributed by atoms with van der Waals surface area (Å²) in [5, 5.41) is 12.2. The molecule has 1 aromatic carbocycles. The number of carbonyl (C=O) groups excluding carboxylic acids is 1. The fourth-order valence-corrected chi connectivity index (χ4v) is 2.49. The van der Waals surface area contributed by atoms with Gasteiger partial charge in [-0.25, -0.2) is 9.97 Å². The first kappa shape index (κ1) is 14.7. The fraction of sp³-hybridized carbons (Fsp3) is 0.357. The molecule has 20 heavy (non-hydrogen) atoms. The summed E-state index contributed by atoms with van der Waals surface area (Å²) < 4.78 is 0. The van der Waals surface area contributed by atoms with Crippen LogP contribution in [0, 0.1) is 6.92 Å². The summed E-state index contributed by atoms with van der Waals surface area (Å²) in [6.07, 6.45) is 0.575. The number of aromatic nitrogens is 2. The molecule has 0 saturated heterocycles. The molecule has 1 amide bonds. The first-order valence-corrected chi connectivity index (χ1v) is 7.43. The van der Waals surface area contributed by atoms with Gasteiger partial charge < -0.3 is 10.4 Å². The molecule has 2 N–H and O–H groups in total. The Hall–Kier alpha value is -1.66. The lowest BCUT2D eigenvalue weighted by molar-refractivity contribution is -0.118. The average Bonchev–Trinajstić information content (AvgIpc) is 2.45. The van der Waals surface area contributed by atoms with E-state index in [0.717, 1.165) is 21.8 Å². The number of hydrogen-bond acceptors (Lipinski definition) is 5. The summed E-state index contributed by atoms with van der Waals surface area (Å²) in [6, 6.07) is 7.68. The number of hydrogen-bond donors (Lipinski definition) is 2. The van der Waals surface area contributed by atoms with E-state index in [1.165, 1.54) is 11.8 Å². The number of aliphatic hydroxyl groups excluding tert-OH is 1. The molecule has 0 bridgehead atoms. The second-order valence-corrected chi connectivity index (χ2v) is 5.28. The Morgan fingerprint density at radius 3 is 2.70 bits per heavy atom. The van der Waals surface area contributed by atoms with Crippen LogP contribution < -0.4 is 5.32 Å². The second-order valence-electron chi connectivity index (χ2n) is 4.32. The minimum absolute atomic E-state index is 0.0576. The lowest BCUT2D eigenvalue weighted by atomic mass is 10.3. The molecule has 2 rings (SSSR count). The van der Waals surface area contributed by atoms with Crippen LogP contribution in [-0.2, 0) is 4.79 Å². The molecule has 1 aromatic heterocycles. The Bertz CT molecular complexity index is 604. The molecule has 1 heterocycles. The van der Waals surface area contributed by atoms with Crippen LogP contribution in [0.4, 0.5) is 0 Å². The fourth-order valence-electron chi connectivity index (χ4n) is 1.70. The summed E-state index contributed by atoms with van der Waals surface area (Å²) in [5.41, 5.74) is 2.53. The number of nitrogens with one attached hydrogen (secondary N) is 1. The van der Waals surface area contributed by atoms with Crippen molar-refractivity contribution in [2.75, 3.05) is 18.9 Å². The van der Waals surface area contributed by atoms with Crippen LogP contribution in [0.15, 0.2) is 29.3 Å². The number of amides is 1. The van der Waals surface area contributed by atoms with Gasteiger partial charge >= 0.3 is 0 Å². The molecule has 106 valence electrons. The highest BCUT2D eigenvalue weighted by molar-refractivity contribution is 7.99. The van der Waals surface area contributed by atoms with Crippen molar-refractivity contribution in [3.63, 3.8) is 0 Å². The van der Waals surface area contributed by atoms with E-state index in [9.17, 15) is 4.79 Å². The van der Waals surface area contributed by atoms with E-state index in [1.54, 1.807) is 0 Å². The van der Waals surface area contributed by atoms with Crippen LogP contribution >= 0.6 is 11.8 Å². The molecule has 0 unspecified atom stereocenters. The number of benzene rings is 1. The van der Waals surface area contributed by atoms with Gasteiger partial charge in [-0.2, -0.15) is 0 Å². The van der Waals surface area contributed by atoms with Crippen LogP contribution in [0.1, 0.15) is 12.1 Å². The van der Waals surface area contributed by atoms with Crippen LogP contribution in [0.2, 0.25) is 0 Å². The summed E-state index contributed by atoms with van der Waals surface area (Å²) >= 11 is 1.38. The van der Waals surface area contributed by atoms with Gasteiger partial charge in [0.2, 0.25) is 5.91 Å².